The summed E-state index contributed by atoms with van der Waals surface area (Å²) < 4.78 is 14.5. The van der Waals surface area contributed by atoms with Crippen molar-refractivity contribution < 1.29 is 9.47 Å². The van der Waals surface area contributed by atoms with Crippen molar-refractivity contribution in [1.82, 2.24) is 4.57 Å². The molecule has 0 aromatic carbocycles. The molecule has 4 nitrogen and oxygen atoms in total. The molecule has 3 aliphatic heterocycles. The highest BCUT2D eigenvalue weighted by Gasteiger charge is 2.54. The Morgan fingerprint density at radius 3 is 2.84 bits per heavy atom. The van der Waals surface area contributed by atoms with E-state index in [1.165, 1.54) is 30.6 Å². The molecule has 0 spiro atoms. The van der Waals surface area contributed by atoms with Crippen molar-refractivity contribution in [3.05, 3.63) is 15.9 Å². The van der Waals surface area contributed by atoms with Gasteiger partial charge in [0.1, 0.15) is 10.6 Å². The van der Waals surface area contributed by atoms with Crippen molar-refractivity contribution in [1.29, 1.82) is 0 Å². The third-order valence-electron chi connectivity index (χ3n) is 6.34. The van der Waals surface area contributed by atoms with Gasteiger partial charge in [-0.1, -0.05) is 12.2 Å². The van der Waals surface area contributed by atoms with Gasteiger partial charge in [-0.15, -0.1) is 11.3 Å². The fourth-order valence-corrected chi connectivity index (χ4v) is 6.72. The van der Waals surface area contributed by atoms with E-state index in [2.05, 4.69) is 17.7 Å². The Morgan fingerprint density at radius 2 is 2.16 bits per heavy atom. The molecule has 5 fully saturated rings. The molecule has 5 aliphatic rings. The van der Waals surface area contributed by atoms with Crippen LogP contribution in [0.15, 0.2) is 11.2 Å². The summed E-state index contributed by atoms with van der Waals surface area (Å²) in [5, 5.41) is 0. The van der Waals surface area contributed by atoms with Crippen LogP contribution < -0.4 is 4.80 Å². The van der Waals surface area contributed by atoms with Crippen LogP contribution in [0.2, 0.25) is 0 Å². The number of hydrogen-bond acceptors (Lipinski definition) is 4. The molecule has 6 rings (SSSR count). The minimum absolute atomic E-state index is 0.260. The molecule has 136 valence electrons. The van der Waals surface area contributed by atoms with Gasteiger partial charge in [-0.2, -0.15) is 0 Å². The molecule has 1 aromatic heterocycles. The van der Waals surface area contributed by atoms with Crippen molar-refractivity contribution in [3.63, 3.8) is 0 Å². The molecule has 2 unspecified atom stereocenters. The van der Waals surface area contributed by atoms with Crippen molar-refractivity contribution >= 4 is 28.5 Å². The first-order valence-corrected chi connectivity index (χ1v) is 10.9. The minimum Gasteiger partial charge on any atom is -0.376 e. The van der Waals surface area contributed by atoms with Crippen LogP contribution >= 0.6 is 23.6 Å². The van der Waals surface area contributed by atoms with E-state index in [0.717, 1.165) is 54.0 Å². The Balaban J connectivity index is 1.43. The van der Waals surface area contributed by atoms with E-state index in [1.807, 2.05) is 0 Å². The number of rotatable bonds is 3. The summed E-state index contributed by atoms with van der Waals surface area (Å²) in [6.07, 6.45) is 11.2. The highest BCUT2D eigenvalue weighted by Crippen LogP contribution is 2.53. The van der Waals surface area contributed by atoms with Gasteiger partial charge in [0.05, 0.1) is 18.8 Å². The SMILES string of the molecule is Cc1cn(C[C@H]2CCCO2)/c(=N/C(=S)C23CC4CC(CC(C4)O2)C3)s1. The van der Waals surface area contributed by atoms with E-state index in [4.69, 9.17) is 26.7 Å². The van der Waals surface area contributed by atoms with Crippen LogP contribution in [0.5, 0.6) is 0 Å². The first-order valence-electron chi connectivity index (χ1n) is 9.65. The van der Waals surface area contributed by atoms with E-state index in [0.29, 0.717) is 12.2 Å². The van der Waals surface area contributed by atoms with Crippen LogP contribution in [0.1, 0.15) is 49.8 Å². The molecule has 2 aliphatic carbocycles. The molecule has 0 radical (unpaired) electrons. The Bertz CT molecular complexity index is 710. The van der Waals surface area contributed by atoms with E-state index in [-0.39, 0.29) is 5.60 Å². The maximum atomic E-state index is 6.46. The molecule has 0 amide bonds. The molecule has 25 heavy (non-hydrogen) atoms. The van der Waals surface area contributed by atoms with Crippen LogP contribution in [0, 0.1) is 18.8 Å². The second kappa shape index (κ2) is 6.25. The van der Waals surface area contributed by atoms with Gasteiger partial charge in [-0.05, 0) is 63.7 Å². The molecular weight excluding hydrogens is 352 g/mol. The quantitative estimate of drug-likeness (QED) is 0.754. The number of ether oxygens (including phenoxy) is 2. The zero-order valence-electron chi connectivity index (χ0n) is 14.8. The second-order valence-corrected chi connectivity index (χ2v) is 10.0. The zero-order valence-corrected chi connectivity index (χ0v) is 16.4. The van der Waals surface area contributed by atoms with Crippen molar-refractivity contribution in [2.24, 2.45) is 16.8 Å². The molecular formula is C19H26N2O2S2. The maximum absolute atomic E-state index is 6.46. The molecule has 1 aromatic rings. The smallest absolute Gasteiger partial charge is 0.190 e. The summed E-state index contributed by atoms with van der Waals surface area (Å²) in [5.41, 5.74) is -0.260. The van der Waals surface area contributed by atoms with Gasteiger partial charge in [-0.3, -0.25) is 0 Å². The number of hydrogen-bond donors (Lipinski definition) is 0. The van der Waals surface area contributed by atoms with Gasteiger partial charge in [0.25, 0.3) is 0 Å². The normalized spacial score (nSPS) is 40.1. The van der Waals surface area contributed by atoms with Crippen molar-refractivity contribution in [2.45, 2.75) is 76.2 Å². The fraction of sp³-hybridized carbons (Fsp3) is 0.789. The Morgan fingerprint density at radius 1 is 1.36 bits per heavy atom. The fourth-order valence-electron chi connectivity index (χ4n) is 5.51. The summed E-state index contributed by atoms with van der Waals surface area (Å²) in [7, 11) is 0. The second-order valence-electron chi connectivity index (χ2n) is 8.41. The summed E-state index contributed by atoms with van der Waals surface area (Å²) in [4.78, 5) is 8.01. The molecule has 0 N–H and O–H groups in total. The highest BCUT2D eigenvalue weighted by atomic mass is 32.1. The summed E-state index contributed by atoms with van der Waals surface area (Å²) in [5.74, 6) is 1.59. The average molecular weight is 379 g/mol. The van der Waals surface area contributed by atoms with Crippen molar-refractivity contribution in [2.75, 3.05) is 6.61 Å². The lowest BCUT2D eigenvalue weighted by molar-refractivity contribution is -0.185. The van der Waals surface area contributed by atoms with Crippen LogP contribution in [0.3, 0.4) is 0 Å². The number of nitrogens with zero attached hydrogens (tertiary/aromatic N) is 2. The predicted octanol–water partition coefficient (Wildman–Crippen LogP) is 3.61. The predicted molar refractivity (Wildman–Crippen MR) is 102 cm³/mol. The molecule has 3 saturated heterocycles. The lowest BCUT2D eigenvalue weighted by Gasteiger charge is -2.55. The molecule has 3 atom stereocenters. The Kier molecular flexibility index (Phi) is 4.15. The summed E-state index contributed by atoms with van der Waals surface area (Å²) in [6.45, 7) is 3.91. The third kappa shape index (κ3) is 3.05. The van der Waals surface area contributed by atoms with E-state index >= 15 is 0 Å². The Labute approximate surface area is 158 Å². The minimum atomic E-state index is -0.260. The number of aryl methyl sites for hydroxylation is 1. The summed E-state index contributed by atoms with van der Waals surface area (Å²) in [6, 6.07) is 0. The zero-order chi connectivity index (χ0) is 17.0. The van der Waals surface area contributed by atoms with Gasteiger partial charge in [0.2, 0.25) is 0 Å². The van der Waals surface area contributed by atoms with E-state index in [9.17, 15) is 0 Å². The van der Waals surface area contributed by atoms with Gasteiger partial charge < -0.3 is 14.0 Å². The third-order valence-corrected chi connectivity index (χ3v) is 7.73. The highest BCUT2D eigenvalue weighted by molar-refractivity contribution is 7.80. The van der Waals surface area contributed by atoms with Crippen molar-refractivity contribution in [3.8, 4) is 0 Å². The molecule has 2 saturated carbocycles. The first kappa shape index (κ1) is 16.6. The van der Waals surface area contributed by atoms with Crippen LogP contribution in [-0.4, -0.2) is 34.0 Å². The molecule has 4 heterocycles. The number of thiazole rings is 1. The number of thiocarbonyl (C=S) groups is 1. The molecule has 6 heteroatoms. The lowest BCUT2D eigenvalue weighted by atomic mass is 9.62. The van der Waals surface area contributed by atoms with E-state index in [1.54, 1.807) is 11.3 Å². The standard InChI is InChI=1S/C19H26N2O2S2/c1-12-10-21(11-15-3-2-4-22-15)18(25-12)20-17(24)19-8-13-5-14(9-19)7-16(6-13)23-19/h10,13-16H,2-9,11H2,1H3/b20-18-/t13?,14?,15-,16?,19?/m1/s1. The van der Waals surface area contributed by atoms with Gasteiger partial charge in [0, 0.05) is 17.7 Å². The van der Waals surface area contributed by atoms with Gasteiger partial charge in [-0.25, -0.2) is 4.99 Å². The average Bonchev–Trinajstić information content (AvgIpc) is 3.16. The maximum Gasteiger partial charge on any atom is 0.190 e. The molecule has 4 bridgehead atoms. The summed E-state index contributed by atoms with van der Waals surface area (Å²) >= 11 is 7.58. The first-order chi connectivity index (χ1) is 12.1. The van der Waals surface area contributed by atoms with Crippen LogP contribution in [-0.2, 0) is 16.0 Å². The number of aromatic nitrogens is 1. The topological polar surface area (TPSA) is 35.8 Å². The largest absolute Gasteiger partial charge is 0.376 e. The van der Waals surface area contributed by atoms with Crippen LogP contribution in [0.4, 0.5) is 0 Å². The van der Waals surface area contributed by atoms with E-state index < -0.39 is 0 Å². The Hall–Kier alpha value is -0.560. The van der Waals surface area contributed by atoms with Gasteiger partial charge >= 0.3 is 0 Å². The van der Waals surface area contributed by atoms with Crippen LogP contribution in [0.25, 0.3) is 0 Å². The monoisotopic (exact) mass is 378 g/mol. The lowest BCUT2D eigenvalue weighted by Crippen LogP contribution is -2.58. The van der Waals surface area contributed by atoms with Gasteiger partial charge in [0.15, 0.2) is 4.80 Å².